The van der Waals surface area contributed by atoms with Crippen molar-refractivity contribution in [2.24, 2.45) is 10.4 Å². The Morgan fingerprint density at radius 2 is 2.03 bits per heavy atom. The van der Waals surface area contributed by atoms with Gasteiger partial charge in [0.15, 0.2) is 17.4 Å². The molecular weight excluding hydrogens is 469 g/mol. The van der Waals surface area contributed by atoms with Crippen LogP contribution in [0.25, 0.3) is 0 Å². The number of hydrogen-bond acceptors (Lipinski definition) is 6. The minimum absolute atomic E-state index is 0.0751. The summed E-state index contributed by atoms with van der Waals surface area (Å²) in [5, 5.41) is 19.2. The second-order valence-corrected chi connectivity index (χ2v) is 10.6. The highest BCUT2D eigenvalue weighted by Crippen LogP contribution is 2.68. The second kappa shape index (κ2) is 8.95. The number of halogens is 1. The first kappa shape index (κ1) is 23.6. The summed E-state index contributed by atoms with van der Waals surface area (Å²) in [7, 11) is 0. The van der Waals surface area contributed by atoms with Gasteiger partial charge in [-0.25, -0.2) is 14.4 Å². The third-order valence-corrected chi connectivity index (χ3v) is 8.10. The number of aromatic hydroxyl groups is 1. The Labute approximate surface area is 215 Å². The molecule has 6 rings (SSSR count). The fourth-order valence-corrected chi connectivity index (χ4v) is 5.79. The number of anilines is 2. The molecule has 190 valence electrons. The maximum absolute atomic E-state index is 13.8. The summed E-state index contributed by atoms with van der Waals surface area (Å²) in [4.78, 5) is 21.9. The molecule has 0 bridgehead atoms. The predicted molar refractivity (Wildman–Crippen MR) is 142 cm³/mol. The molecule has 2 fully saturated rings. The number of nitrogens with zero attached hydrogens (tertiary/aromatic N) is 2. The van der Waals surface area contributed by atoms with Gasteiger partial charge in [0, 0.05) is 23.6 Å². The van der Waals surface area contributed by atoms with Gasteiger partial charge in [-0.2, -0.15) is 0 Å². The van der Waals surface area contributed by atoms with E-state index in [2.05, 4.69) is 57.1 Å². The lowest BCUT2D eigenvalue weighted by molar-refractivity contribution is -0.116. The topological polar surface area (TPSA) is 109 Å². The molecule has 1 amide bonds. The van der Waals surface area contributed by atoms with Gasteiger partial charge in [-0.3, -0.25) is 4.79 Å². The molecule has 0 radical (unpaired) electrons. The van der Waals surface area contributed by atoms with Crippen LogP contribution in [-0.4, -0.2) is 39.8 Å². The number of amides is 1. The van der Waals surface area contributed by atoms with Crippen molar-refractivity contribution in [1.82, 2.24) is 10.3 Å². The summed E-state index contributed by atoms with van der Waals surface area (Å²) in [5.74, 6) is -0.309. The SMILES string of the molecule is C[C@]1(CCCc2ccccc2)CC12NC2CC(=O)Nc1ccc2c(n1)N=C(c1ccc(O)c(F)c1)CN2. The van der Waals surface area contributed by atoms with E-state index in [1.807, 2.05) is 12.1 Å². The van der Waals surface area contributed by atoms with Gasteiger partial charge in [-0.15, -0.1) is 0 Å². The molecule has 3 aliphatic rings. The zero-order chi connectivity index (χ0) is 25.6. The van der Waals surface area contributed by atoms with E-state index in [0.29, 0.717) is 35.9 Å². The van der Waals surface area contributed by atoms with Crippen molar-refractivity contribution in [2.75, 3.05) is 17.2 Å². The molecule has 4 N–H and O–H groups in total. The summed E-state index contributed by atoms with van der Waals surface area (Å²) >= 11 is 0. The Hall–Kier alpha value is -3.78. The first-order chi connectivity index (χ1) is 17.8. The Morgan fingerprint density at radius 3 is 2.84 bits per heavy atom. The van der Waals surface area contributed by atoms with Crippen LogP contribution < -0.4 is 16.0 Å². The third kappa shape index (κ3) is 4.57. The minimum atomic E-state index is -0.700. The monoisotopic (exact) mass is 499 g/mol. The normalized spacial score (nSPS) is 25.1. The summed E-state index contributed by atoms with van der Waals surface area (Å²) in [5.41, 5.74) is 3.64. The lowest BCUT2D eigenvalue weighted by Gasteiger charge is -2.18. The van der Waals surface area contributed by atoms with E-state index >= 15 is 0 Å². The largest absolute Gasteiger partial charge is 0.505 e. The van der Waals surface area contributed by atoms with Crippen LogP contribution in [-0.2, 0) is 11.2 Å². The highest BCUT2D eigenvalue weighted by molar-refractivity contribution is 6.07. The fourth-order valence-electron chi connectivity index (χ4n) is 5.79. The molecule has 2 aliphatic heterocycles. The quantitative estimate of drug-likeness (QED) is 0.328. The zero-order valence-corrected chi connectivity index (χ0v) is 20.7. The first-order valence-corrected chi connectivity index (χ1v) is 12.8. The lowest BCUT2D eigenvalue weighted by atomic mass is 9.95. The molecule has 37 heavy (non-hydrogen) atoms. The molecule has 1 spiro atoms. The van der Waals surface area contributed by atoms with Crippen molar-refractivity contribution < 1.29 is 14.3 Å². The fraction of sp³-hybridized carbons (Fsp3) is 0.345. The smallest absolute Gasteiger partial charge is 0.227 e. The van der Waals surface area contributed by atoms with Gasteiger partial charge >= 0.3 is 0 Å². The van der Waals surface area contributed by atoms with E-state index in [1.165, 1.54) is 17.7 Å². The molecule has 1 aromatic heterocycles. The van der Waals surface area contributed by atoms with E-state index in [-0.39, 0.29) is 22.9 Å². The average molecular weight is 500 g/mol. The molecule has 1 saturated carbocycles. The molecule has 1 saturated heterocycles. The van der Waals surface area contributed by atoms with E-state index < -0.39 is 11.6 Å². The molecular formula is C29H30FN5O2. The van der Waals surface area contributed by atoms with Crippen LogP contribution in [0.1, 0.15) is 43.7 Å². The third-order valence-electron chi connectivity index (χ3n) is 8.10. The number of phenolic OH excluding ortho intramolecular Hbond substituents is 1. The van der Waals surface area contributed by atoms with Crippen molar-refractivity contribution in [2.45, 2.75) is 50.6 Å². The number of aliphatic imine (C=N–C) groups is 1. The van der Waals surface area contributed by atoms with Crippen molar-refractivity contribution in [3.05, 3.63) is 77.6 Å². The highest BCUT2D eigenvalue weighted by atomic mass is 19.1. The van der Waals surface area contributed by atoms with Crippen LogP contribution in [0, 0.1) is 11.2 Å². The number of benzene rings is 2. The molecule has 7 nitrogen and oxygen atoms in total. The summed E-state index contributed by atoms with van der Waals surface area (Å²) in [6.07, 6.45) is 4.91. The van der Waals surface area contributed by atoms with Crippen LogP contribution in [0.2, 0.25) is 0 Å². The van der Waals surface area contributed by atoms with Crippen molar-refractivity contribution in [3.63, 3.8) is 0 Å². The number of carbonyl (C=O) groups excluding carboxylic acids is 1. The van der Waals surface area contributed by atoms with Gasteiger partial charge in [0.1, 0.15) is 5.82 Å². The molecule has 3 heterocycles. The second-order valence-electron chi connectivity index (χ2n) is 10.6. The number of hydrogen-bond donors (Lipinski definition) is 4. The van der Waals surface area contributed by atoms with Crippen LogP contribution >= 0.6 is 0 Å². The Bertz CT molecular complexity index is 1390. The lowest BCUT2D eigenvalue weighted by Crippen LogP contribution is -2.20. The highest BCUT2D eigenvalue weighted by Gasteiger charge is 2.76. The van der Waals surface area contributed by atoms with Crippen LogP contribution in [0.15, 0.2) is 65.7 Å². The van der Waals surface area contributed by atoms with Gasteiger partial charge in [-0.1, -0.05) is 37.3 Å². The number of pyridine rings is 1. The van der Waals surface area contributed by atoms with E-state index in [4.69, 9.17) is 0 Å². The molecule has 3 aromatic rings. The van der Waals surface area contributed by atoms with E-state index in [1.54, 1.807) is 12.1 Å². The van der Waals surface area contributed by atoms with Gasteiger partial charge in [-0.05, 0) is 67.0 Å². The molecule has 3 atom stereocenters. The summed E-state index contributed by atoms with van der Waals surface area (Å²) in [6.45, 7) is 2.74. The van der Waals surface area contributed by atoms with Crippen molar-refractivity contribution >= 4 is 28.9 Å². The maximum atomic E-state index is 13.8. The Morgan fingerprint density at radius 1 is 1.19 bits per heavy atom. The standard InChI is InChI=1S/C29H30FN5O2/c1-28(13-5-8-18-6-3-2-4-7-18)17-29(28)24(35-29)15-26(37)33-25-12-10-21-27(34-25)32-22(16-31-21)19-9-11-23(36)20(30)14-19/h2-4,6-7,9-12,14,24,31,35-36H,5,8,13,15-17H2,1H3,(H,33,34,37)/t24?,28-,29?/m0/s1. The molecule has 8 heteroatoms. The average Bonchev–Trinajstić information content (AvgIpc) is 3.74. The number of phenols is 1. The van der Waals surface area contributed by atoms with Gasteiger partial charge in [0.25, 0.3) is 0 Å². The van der Waals surface area contributed by atoms with E-state index in [0.717, 1.165) is 31.4 Å². The van der Waals surface area contributed by atoms with Crippen LogP contribution in [0.5, 0.6) is 5.75 Å². The zero-order valence-electron chi connectivity index (χ0n) is 20.7. The number of aromatic nitrogens is 1. The summed E-state index contributed by atoms with van der Waals surface area (Å²) in [6, 6.07) is 18.5. The molecule has 2 unspecified atom stereocenters. The predicted octanol–water partition coefficient (Wildman–Crippen LogP) is 4.94. The molecule has 1 aliphatic carbocycles. The van der Waals surface area contributed by atoms with Gasteiger partial charge in [0.05, 0.1) is 17.9 Å². The van der Waals surface area contributed by atoms with E-state index in [9.17, 15) is 14.3 Å². The van der Waals surface area contributed by atoms with Crippen molar-refractivity contribution in [3.8, 4) is 5.75 Å². The Kier molecular flexibility index (Phi) is 5.71. The maximum Gasteiger partial charge on any atom is 0.227 e. The number of carbonyl (C=O) groups is 1. The first-order valence-electron chi connectivity index (χ1n) is 12.8. The minimum Gasteiger partial charge on any atom is -0.505 e. The number of nitrogens with one attached hydrogen (secondary N) is 3. The number of fused-ring (bicyclic) bond motifs is 1. The van der Waals surface area contributed by atoms with Crippen LogP contribution in [0.3, 0.4) is 0 Å². The Balaban J connectivity index is 1.04. The van der Waals surface area contributed by atoms with Gasteiger partial charge in [0.2, 0.25) is 5.91 Å². The summed E-state index contributed by atoms with van der Waals surface area (Å²) < 4.78 is 13.8. The number of rotatable bonds is 8. The van der Waals surface area contributed by atoms with Crippen molar-refractivity contribution in [1.29, 1.82) is 0 Å². The van der Waals surface area contributed by atoms with Gasteiger partial charge < -0.3 is 21.1 Å². The number of aryl methyl sites for hydroxylation is 1. The molecule has 2 aromatic carbocycles. The van der Waals surface area contributed by atoms with Crippen LogP contribution in [0.4, 0.5) is 21.7 Å².